The summed E-state index contributed by atoms with van der Waals surface area (Å²) < 4.78 is 3.50. The molecule has 118 valence electrons. The molecule has 8 heteroatoms. The second kappa shape index (κ2) is 6.27. The molecule has 1 amide bonds. The molecule has 0 spiro atoms. The first-order valence-corrected chi connectivity index (χ1v) is 7.55. The molecule has 1 fully saturated rings. The van der Waals surface area contributed by atoms with Crippen LogP contribution in [-0.2, 0) is 7.05 Å². The lowest BCUT2D eigenvalue weighted by molar-refractivity contribution is 0.0928. The van der Waals surface area contributed by atoms with Gasteiger partial charge in [-0.05, 0) is 26.3 Å². The lowest BCUT2D eigenvalue weighted by atomic mass is 10.1. The van der Waals surface area contributed by atoms with Crippen LogP contribution < -0.4 is 10.6 Å². The predicted octanol–water partition coefficient (Wildman–Crippen LogP) is 0.427. The van der Waals surface area contributed by atoms with Crippen molar-refractivity contribution in [1.29, 1.82) is 0 Å². The molecule has 2 N–H and O–H groups in total. The van der Waals surface area contributed by atoms with Crippen LogP contribution in [0.15, 0.2) is 18.7 Å². The van der Waals surface area contributed by atoms with E-state index >= 15 is 0 Å². The maximum atomic E-state index is 12.2. The van der Waals surface area contributed by atoms with Crippen LogP contribution >= 0.6 is 0 Å². The Labute approximate surface area is 128 Å². The summed E-state index contributed by atoms with van der Waals surface area (Å²) in [6.45, 7) is 3.83. The van der Waals surface area contributed by atoms with E-state index in [0.29, 0.717) is 0 Å². The number of aromatic nitrogens is 5. The van der Waals surface area contributed by atoms with Gasteiger partial charge >= 0.3 is 0 Å². The van der Waals surface area contributed by atoms with E-state index in [2.05, 4.69) is 25.8 Å². The molecule has 1 saturated heterocycles. The highest BCUT2D eigenvalue weighted by atomic mass is 16.2. The van der Waals surface area contributed by atoms with Gasteiger partial charge in [0.05, 0.1) is 18.3 Å². The Balaban J connectivity index is 1.63. The van der Waals surface area contributed by atoms with Gasteiger partial charge in [0.2, 0.25) is 5.82 Å². The number of hydrogen-bond donors (Lipinski definition) is 2. The maximum absolute atomic E-state index is 12.2. The molecule has 0 bridgehead atoms. The number of carbonyl (C=O) groups excluding carboxylic acids is 1. The van der Waals surface area contributed by atoms with Crippen LogP contribution in [0.1, 0.15) is 48.0 Å². The topological polar surface area (TPSA) is 89.7 Å². The molecule has 3 rings (SSSR count). The fourth-order valence-electron chi connectivity index (χ4n) is 2.62. The van der Waals surface area contributed by atoms with Gasteiger partial charge in [0.15, 0.2) is 0 Å². The normalized spacial score (nSPS) is 19.8. The number of carbonyl (C=O) groups is 1. The Morgan fingerprint density at radius 3 is 3.09 bits per heavy atom. The van der Waals surface area contributed by atoms with Gasteiger partial charge < -0.3 is 10.6 Å². The van der Waals surface area contributed by atoms with E-state index in [1.807, 2.05) is 20.2 Å². The van der Waals surface area contributed by atoms with Crippen LogP contribution in [0.25, 0.3) is 0 Å². The van der Waals surface area contributed by atoms with Crippen molar-refractivity contribution in [2.24, 2.45) is 7.05 Å². The standard InChI is InChI=1S/C14H21N7O/c1-10(11-6-17-20(2)8-11)18-14(22)13-16-9-21(19-13)12-4-3-5-15-7-12/h6,8-10,12,15H,3-5,7H2,1-2H3,(H,18,22). The first kappa shape index (κ1) is 14.7. The Bertz CT molecular complexity index is 641. The SMILES string of the molecule is CC(NC(=O)c1ncn(C2CCCNC2)n1)c1cnn(C)c1. The van der Waals surface area contributed by atoms with Gasteiger partial charge in [-0.1, -0.05) is 0 Å². The third-order valence-corrected chi connectivity index (χ3v) is 3.93. The molecule has 0 saturated carbocycles. The third kappa shape index (κ3) is 3.16. The Hall–Kier alpha value is -2.22. The molecule has 3 heterocycles. The molecule has 8 nitrogen and oxygen atoms in total. The highest BCUT2D eigenvalue weighted by Crippen LogP contribution is 2.15. The molecular weight excluding hydrogens is 282 g/mol. The summed E-state index contributed by atoms with van der Waals surface area (Å²) in [4.78, 5) is 16.4. The van der Waals surface area contributed by atoms with E-state index in [4.69, 9.17) is 0 Å². The Morgan fingerprint density at radius 2 is 2.41 bits per heavy atom. The lowest BCUT2D eigenvalue weighted by Crippen LogP contribution is -2.32. The molecule has 2 atom stereocenters. The average molecular weight is 303 g/mol. The van der Waals surface area contributed by atoms with Crippen LogP contribution in [0, 0.1) is 0 Å². The smallest absolute Gasteiger partial charge is 0.291 e. The molecule has 1 aliphatic heterocycles. The van der Waals surface area contributed by atoms with Crippen molar-refractivity contribution in [1.82, 2.24) is 35.2 Å². The number of amides is 1. The third-order valence-electron chi connectivity index (χ3n) is 3.93. The molecule has 0 radical (unpaired) electrons. The minimum Gasteiger partial charge on any atom is -0.343 e. The van der Waals surface area contributed by atoms with E-state index in [0.717, 1.165) is 31.5 Å². The molecule has 0 aromatic carbocycles. The van der Waals surface area contributed by atoms with Gasteiger partial charge in [0.1, 0.15) is 6.33 Å². The van der Waals surface area contributed by atoms with Crippen LogP contribution in [0.3, 0.4) is 0 Å². The molecule has 2 unspecified atom stereocenters. The molecule has 0 aliphatic carbocycles. The van der Waals surface area contributed by atoms with Crippen molar-refractivity contribution in [3.8, 4) is 0 Å². The van der Waals surface area contributed by atoms with E-state index in [1.54, 1.807) is 21.9 Å². The number of piperidine rings is 1. The second-order valence-electron chi connectivity index (χ2n) is 5.69. The van der Waals surface area contributed by atoms with Gasteiger partial charge in [-0.2, -0.15) is 5.10 Å². The number of nitrogens with one attached hydrogen (secondary N) is 2. The summed E-state index contributed by atoms with van der Waals surface area (Å²) in [6, 6.07) is 0.142. The van der Waals surface area contributed by atoms with E-state index in [9.17, 15) is 4.79 Å². The van der Waals surface area contributed by atoms with Crippen LogP contribution in [0.5, 0.6) is 0 Å². The quantitative estimate of drug-likeness (QED) is 0.855. The number of nitrogens with zero attached hydrogens (tertiary/aromatic N) is 5. The first-order valence-electron chi connectivity index (χ1n) is 7.55. The fourth-order valence-corrected chi connectivity index (χ4v) is 2.62. The summed E-state index contributed by atoms with van der Waals surface area (Å²) in [6.07, 6.45) is 7.43. The van der Waals surface area contributed by atoms with Crippen LogP contribution in [-0.4, -0.2) is 43.5 Å². The van der Waals surface area contributed by atoms with Crippen molar-refractivity contribution in [3.05, 3.63) is 30.1 Å². The zero-order valence-corrected chi connectivity index (χ0v) is 12.9. The largest absolute Gasteiger partial charge is 0.343 e. The van der Waals surface area contributed by atoms with Gasteiger partial charge in [-0.3, -0.25) is 9.48 Å². The van der Waals surface area contributed by atoms with Gasteiger partial charge in [0, 0.05) is 25.4 Å². The van der Waals surface area contributed by atoms with Gasteiger partial charge in [-0.25, -0.2) is 9.67 Å². The summed E-state index contributed by atoms with van der Waals surface area (Å²) in [7, 11) is 1.85. The predicted molar refractivity (Wildman–Crippen MR) is 80.3 cm³/mol. The summed E-state index contributed by atoms with van der Waals surface area (Å²) in [5, 5.41) is 14.6. The number of rotatable bonds is 4. The van der Waals surface area contributed by atoms with E-state index < -0.39 is 0 Å². The van der Waals surface area contributed by atoms with Gasteiger partial charge in [-0.15, -0.1) is 5.10 Å². The fraction of sp³-hybridized carbons (Fsp3) is 0.571. The second-order valence-corrected chi connectivity index (χ2v) is 5.69. The Kier molecular flexibility index (Phi) is 4.19. The zero-order chi connectivity index (χ0) is 15.5. The van der Waals surface area contributed by atoms with Crippen molar-refractivity contribution in [2.45, 2.75) is 31.8 Å². The first-order chi connectivity index (χ1) is 10.6. The van der Waals surface area contributed by atoms with Gasteiger partial charge in [0.25, 0.3) is 5.91 Å². The monoisotopic (exact) mass is 303 g/mol. The number of hydrogen-bond acceptors (Lipinski definition) is 5. The highest BCUT2D eigenvalue weighted by molar-refractivity contribution is 5.90. The van der Waals surface area contributed by atoms with Crippen LogP contribution in [0.2, 0.25) is 0 Å². The maximum Gasteiger partial charge on any atom is 0.291 e. The summed E-state index contributed by atoms with van der Waals surface area (Å²) in [5.41, 5.74) is 0.951. The van der Waals surface area contributed by atoms with Crippen molar-refractivity contribution < 1.29 is 4.79 Å². The molecule has 2 aromatic heterocycles. The van der Waals surface area contributed by atoms with Crippen molar-refractivity contribution in [2.75, 3.05) is 13.1 Å². The molecular formula is C14H21N7O. The molecule has 2 aromatic rings. The number of aryl methyl sites for hydroxylation is 1. The minimum atomic E-state index is -0.265. The minimum absolute atomic E-state index is 0.135. The highest BCUT2D eigenvalue weighted by Gasteiger charge is 2.20. The van der Waals surface area contributed by atoms with E-state index in [1.165, 1.54) is 0 Å². The summed E-state index contributed by atoms with van der Waals surface area (Å²) >= 11 is 0. The molecule has 1 aliphatic rings. The van der Waals surface area contributed by atoms with Crippen LogP contribution in [0.4, 0.5) is 0 Å². The Morgan fingerprint density at radius 1 is 1.55 bits per heavy atom. The zero-order valence-electron chi connectivity index (χ0n) is 12.9. The lowest BCUT2D eigenvalue weighted by Gasteiger charge is -2.22. The average Bonchev–Trinajstić information content (AvgIpc) is 3.17. The van der Waals surface area contributed by atoms with E-state index in [-0.39, 0.29) is 23.8 Å². The molecule has 22 heavy (non-hydrogen) atoms. The van der Waals surface area contributed by atoms with Crippen molar-refractivity contribution >= 4 is 5.91 Å². The summed E-state index contributed by atoms with van der Waals surface area (Å²) in [5.74, 6) is -0.0554. The van der Waals surface area contributed by atoms with Crippen molar-refractivity contribution in [3.63, 3.8) is 0 Å².